The molecule has 3 aromatic rings. The molecule has 0 bridgehead atoms. The molecule has 3 heterocycles. The molecule has 3 N–H and O–H groups in total. The molecule has 0 aliphatic heterocycles. The Labute approximate surface area is 164 Å². The third-order valence-corrected chi connectivity index (χ3v) is 6.33. The molecule has 1 saturated carbocycles. The van der Waals surface area contributed by atoms with Gasteiger partial charge in [-0.3, -0.25) is 9.36 Å². The van der Waals surface area contributed by atoms with Gasteiger partial charge in [0.25, 0.3) is 12.3 Å². The van der Waals surface area contributed by atoms with E-state index in [0.29, 0.717) is 22.1 Å². The third kappa shape index (κ3) is 3.88. The van der Waals surface area contributed by atoms with Crippen molar-refractivity contribution in [1.29, 1.82) is 0 Å². The third-order valence-electron chi connectivity index (χ3n) is 5.04. The summed E-state index contributed by atoms with van der Waals surface area (Å²) in [5.41, 5.74) is 6.44. The van der Waals surface area contributed by atoms with Gasteiger partial charge in [-0.25, -0.2) is 23.7 Å². The number of aromatic nitrogens is 4. The van der Waals surface area contributed by atoms with Crippen molar-refractivity contribution < 1.29 is 13.6 Å². The maximum Gasteiger partial charge on any atom is 0.269 e. The number of halogens is 2. The summed E-state index contributed by atoms with van der Waals surface area (Å²) in [6.45, 7) is -0.257. The number of nitrogens with one attached hydrogen (secondary N) is 1. The molecule has 4 rings (SSSR count). The van der Waals surface area contributed by atoms with Crippen LogP contribution in [0.4, 0.5) is 8.78 Å². The number of rotatable bonds is 6. The van der Waals surface area contributed by atoms with Crippen LogP contribution in [0.1, 0.15) is 47.0 Å². The fourth-order valence-electron chi connectivity index (χ4n) is 3.63. The van der Waals surface area contributed by atoms with Crippen LogP contribution in [-0.4, -0.2) is 44.4 Å². The molecule has 1 aliphatic rings. The maximum atomic E-state index is 12.4. The van der Waals surface area contributed by atoms with Gasteiger partial charge in [-0.15, -0.1) is 11.3 Å². The molecule has 3 aromatic heterocycles. The number of fused-ring (bicyclic) bond motifs is 1. The lowest BCUT2D eigenvalue weighted by atomic mass is 9.85. The van der Waals surface area contributed by atoms with Crippen LogP contribution in [0, 0.1) is 0 Å². The highest BCUT2D eigenvalue weighted by Crippen LogP contribution is 2.39. The van der Waals surface area contributed by atoms with Gasteiger partial charge >= 0.3 is 0 Å². The van der Waals surface area contributed by atoms with Crippen LogP contribution in [0.25, 0.3) is 16.2 Å². The Morgan fingerprint density at radius 3 is 2.75 bits per heavy atom. The van der Waals surface area contributed by atoms with Gasteiger partial charge in [-0.05, 0) is 37.7 Å². The molecule has 0 aromatic carbocycles. The van der Waals surface area contributed by atoms with E-state index < -0.39 is 12.3 Å². The number of carbonyl (C=O) groups is 1. The SMILES string of the molecule is NC(=O)c1nc(-n2ccnc2)nc2cc(C3CCC(NCC(F)F)CC3)sc12. The minimum atomic E-state index is -2.32. The first-order chi connectivity index (χ1) is 13.5. The zero-order valence-electron chi connectivity index (χ0n) is 15.0. The van der Waals surface area contributed by atoms with Crippen LogP contribution in [-0.2, 0) is 0 Å². The van der Waals surface area contributed by atoms with E-state index in [-0.39, 0.29) is 18.3 Å². The van der Waals surface area contributed by atoms with E-state index in [1.807, 2.05) is 6.07 Å². The number of hydrogen-bond acceptors (Lipinski definition) is 6. The number of thiophene rings is 1. The first-order valence-electron chi connectivity index (χ1n) is 9.12. The molecule has 7 nitrogen and oxygen atoms in total. The molecule has 1 amide bonds. The van der Waals surface area contributed by atoms with E-state index >= 15 is 0 Å². The molecule has 0 radical (unpaired) electrons. The van der Waals surface area contributed by atoms with Gasteiger partial charge in [0, 0.05) is 23.3 Å². The van der Waals surface area contributed by atoms with E-state index in [9.17, 15) is 13.6 Å². The van der Waals surface area contributed by atoms with Crippen LogP contribution < -0.4 is 11.1 Å². The van der Waals surface area contributed by atoms with E-state index in [1.54, 1.807) is 23.3 Å². The summed E-state index contributed by atoms with van der Waals surface area (Å²) in [7, 11) is 0. The molecule has 0 saturated heterocycles. The normalized spacial score (nSPS) is 20.1. The largest absolute Gasteiger partial charge is 0.364 e. The molecule has 148 valence electrons. The van der Waals surface area contributed by atoms with E-state index in [1.165, 1.54) is 11.3 Å². The number of imidazole rings is 1. The highest BCUT2D eigenvalue weighted by Gasteiger charge is 2.25. The van der Waals surface area contributed by atoms with Crippen molar-refractivity contribution in [2.24, 2.45) is 5.73 Å². The summed E-state index contributed by atoms with van der Waals surface area (Å²) in [6.07, 6.45) is 6.05. The summed E-state index contributed by atoms with van der Waals surface area (Å²) in [5, 5.41) is 2.93. The minimum absolute atomic E-state index is 0.133. The molecule has 0 spiro atoms. The van der Waals surface area contributed by atoms with Crippen molar-refractivity contribution in [2.45, 2.75) is 44.1 Å². The number of alkyl halides is 2. The molecule has 1 aliphatic carbocycles. The molecular formula is C18H20F2N6OS. The minimum Gasteiger partial charge on any atom is -0.364 e. The number of nitrogens with zero attached hydrogens (tertiary/aromatic N) is 4. The fourth-order valence-corrected chi connectivity index (χ4v) is 4.90. The summed E-state index contributed by atoms with van der Waals surface area (Å²) in [6, 6.07) is 2.13. The second-order valence-corrected chi connectivity index (χ2v) is 8.00. The molecule has 1 fully saturated rings. The molecule has 0 unspecified atom stereocenters. The molecule has 0 atom stereocenters. The standard InChI is InChI=1S/C18H20F2N6OS/c19-14(20)8-23-11-3-1-10(2-4-11)13-7-12-16(28-13)15(17(21)27)25-18(24-12)26-6-5-22-9-26/h5-7,9-11,14,23H,1-4,8H2,(H2,21,27). The highest BCUT2D eigenvalue weighted by atomic mass is 32.1. The van der Waals surface area contributed by atoms with Crippen LogP contribution in [0.2, 0.25) is 0 Å². The summed E-state index contributed by atoms with van der Waals surface area (Å²) >= 11 is 1.49. The maximum absolute atomic E-state index is 12.4. The van der Waals surface area contributed by atoms with Crippen LogP contribution in [0.3, 0.4) is 0 Å². The second-order valence-electron chi connectivity index (χ2n) is 6.92. The van der Waals surface area contributed by atoms with Gasteiger partial charge in [0.05, 0.1) is 16.8 Å². The lowest BCUT2D eigenvalue weighted by molar-refractivity contribution is 0.0997. The summed E-state index contributed by atoms with van der Waals surface area (Å²) in [5.74, 6) is 0.0753. The number of carbonyl (C=O) groups excluding carboxylic acids is 1. The van der Waals surface area contributed by atoms with Crippen molar-refractivity contribution in [3.8, 4) is 5.95 Å². The van der Waals surface area contributed by atoms with Crippen molar-refractivity contribution in [3.05, 3.63) is 35.4 Å². The Bertz CT molecular complexity index is 966. The van der Waals surface area contributed by atoms with Crippen LogP contribution in [0.5, 0.6) is 0 Å². The van der Waals surface area contributed by atoms with Gasteiger partial charge in [0.1, 0.15) is 6.33 Å². The lowest BCUT2D eigenvalue weighted by Gasteiger charge is -2.28. The summed E-state index contributed by atoms with van der Waals surface area (Å²) < 4.78 is 27.1. The Morgan fingerprint density at radius 1 is 1.32 bits per heavy atom. The van der Waals surface area contributed by atoms with Gasteiger partial charge in [-0.2, -0.15) is 0 Å². The predicted molar refractivity (Wildman–Crippen MR) is 102 cm³/mol. The quantitative estimate of drug-likeness (QED) is 0.656. The first kappa shape index (κ1) is 18.9. The monoisotopic (exact) mass is 406 g/mol. The first-order valence-corrected chi connectivity index (χ1v) is 9.94. The predicted octanol–water partition coefficient (Wildman–Crippen LogP) is 2.86. The van der Waals surface area contributed by atoms with Crippen molar-refractivity contribution in [3.63, 3.8) is 0 Å². The smallest absolute Gasteiger partial charge is 0.269 e. The number of amides is 1. The van der Waals surface area contributed by atoms with E-state index in [4.69, 9.17) is 5.73 Å². The zero-order valence-corrected chi connectivity index (χ0v) is 15.8. The van der Waals surface area contributed by atoms with Gasteiger partial charge < -0.3 is 11.1 Å². The Morgan fingerprint density at radius 2 is 2.11 bits per heavy atom. The summed E-state index contributed by atoms with van der Waals surface area (Å²) in [4.78, 5) is 25.9. The zero-order chi connectivity index (χ0) is 19.7. The van der Waals surface area contributed by atoms with Crippen molar-refractivity contribution in [1.82, 2.24) is 24.8 Å². The van der Waals surface area contributed by atoms with Crippen LogP contribution >= 0.6 is 11.3 Å². The van der Waals surface area contributed by atoms with Crippen molar-refractivity contribution >= 4 is 27.5 Å². The van der Waals surface area contributed by atoms with Crippen LogP contribution in [0.15, 0.2) is 24.8 Å². The van der Waals surface area contributed by atoms with E-state index in [0.717, 1.165) is 30.6 Å². The average molecular weight is 406 g/mol. The second kappa shape index (κ2) is 7.88. The molecular weight excluding hydrogens is 386 g/mol. The Balaban J connectivity index is 1.58. The Kier molecular flexibility index (Phi) is 5.31. The Hall–Kier alpha value is -2.46. The fraction of sp³-hybridized carbons (Fsp3) is 0.444. The van der Waals surface area contributed by atoms with Gasteiger partial charge in [-0.1, -0.05) is 0 Å². The molecule has 10 heteroatoms. The number of primary amides is 1. The number of nitrogens with two attached hydrogens (primary N) is 1. The highest BCUT2D eigenvalue weighted by molar-refractivity contribution is 7.19. The van der Waals surface area contributed by atoms with Gasteiger partial charge in [0.2, 0.25) is 5.95 Å². The van der Waals surface area contributed by atoms with E-state index in [2.05, 4.69) is 20.3 Å². The van der Waals surface area contributed by atoms with Gasteiger partial charge in [0.15, 0.2) is 5.69 Å². The van der Waals surface area contributed by atoms with Crippen molar-refractivity contribution in [2.75, 3.05) is 6.54 Å². The molecule has 28 heavy (non-hydrogen) atoms. The lowest BCUT2D eigenvalue weighted by Crippen LogP contribution is -2.35. The number of hydrogen-bond donors (Lipinski definition) is 2. The average Bonchev–Trinajstić information content (AvgIpc) is 3.35. The topological polar surface area (TPSA) is 98.7 Å².